The van der Waals surface area contributed by atoms with Gasteiger partial charge in [-0.15, -0.1) is 0 Å². The van der Waals surface area contributed by atoms with Crippen LogP contribution in [0.1, 0.15) is 11.1 Å². The van der Waals surface area contributed by atoms with E-state index in [1.807, 2.05) is 54.6 Å². The molecule has 0 aromatic heterocycles. The van der Waals surface area contributed by atoms with Gasteiger partial charge in [0, 0.05) is 5.69 Å². The molecule has 3 aromatic carbocycles. The van der Waals surface area contributed by atoms with Crippen molar-refractivity contribution in [2.75, 3.05) is 42.9 Å². The number of benzene rings is 3. The Morgan fingerprint density at radius 1 is 0.900 bits per heavy atom. The van der Waals surface area contributed by atoms with Crippen molar-refractivity contribution in [1.29, 1.82) is 0 Å². The molecule has 1 amide bonds. The van der Waals surface area contributed by atoms with Crippen LogP contribution in [0.15, 0.2) is 78.9 Å². The van der Waals surface area contributed by atoms with Crippen molar-refractivity contribution < 1.29 is 14.8 Å². The SMILES string of the molecule is O=C(C[NH+]1CCN(c2ccccc2O)CC1)Nc1ccccc1Cc1ccccc1. The van der Waals surface area contributed by atoms with Gasteiger partial charge in [-0.05, 0) is 35.7 Å². The molecule has 1 saturated heterocycles. The second-order valence-electron chi connectivity index (χ2n) is 7.77. The summed E-state index contributed by atoms with van der Waals surface area (Å²) < 4.78 is 0. The normalized spacial score (nSPS) is 14.5. The summed E-state index contributed by atoms with van der Waals surface area (Å²) in [5.74, 6) is 0.357. The first-order valence-corrected chi connectivity index (χ1v) is 10.5. The van der Waals surface area contributed by atoms with Crippen molar-refractivity contribution in [3.8, 4) is 5.75 Å². The highest BCUT2D eigenvalue weighted by Gasteiger charge is 2.23. The molecular formula is C25H28N3O2+. The Bertz CT molecular complexity index is 982. The molecule has 0 saturated carbocycles. The molecule has 0 spiro atoms. The molecule has 0 atom stereocenters. The number of hydrogen-bond acceptors (Lipinski definition) is 3. The number of amides is 1. The van der Waals surface area contributed by atoms with E-state index >= 15 is 0 Å². The Labute approximate surface area is 177 Å². The van der Waals surface area contributed by atoms with Crippen molar-refractivity contribution in [2.45, 2.75) is 6.42 Å². The van der Waals surface area contributed by atoms with Gasteiger partial charge in [0.2, 0.25) is 0 Å². The number of hydrogen-bond donors (Lipinski definition) is 3. The molecule has 154 valence electrons. The zero-order valence-corrected chi connectivity index (χ0v) is 17.1. The number of phenolic OH excluding ortho intramolecular Hbond substituents is 1. The van der Waals surface area contributed by atoms with Gasteiger partial charge < -0.3 is 20.2 Å². The highest BCUT2D eigenvalue weighted by molar-refractivity contribution is 5.92. The number of anilines is 2. The van der Waals surface area contributed by atoms with Crippen LogP contribution in [0.4, 0.5) is 11.4 Å². The Morgan fingerprint density at radius 3 is 2.33 bits per heavy atom. The van der Waals surface area contributed by atoms with Crippen molar-refractivity contribution >= 4 is 17.3 Å². The van der Waals surface area contributed by atoms with E-state index < -0.39 is 0 Å². The number of aromatic hydroxyl groups is 1. The van der Waals surface area contributed by atoms with Crippen molar-refractivity contribution in [2.24, 2.45) is 0 Å². The third kappa shape index (κ3) is 4.99. The third-order valence-electron chi connectivity index (χ3n) is 5.63. The van der Waals surface area contributed by atoms with Gasteiger partial charge in [-0.1, -0.05) is 60.7 Å². The minimum atomic E-state index is 0.0431. The van der Waals surface area contributed by atoms with Crippen LogP contribution in [0.3, 0.4) is 0 Å². The van der Waals surface area contributed by atoms with Crippen LogP contribution in [-0.2, 0) is 11.2 Å². The maximum absolute atomic E-state index is 12.7. The van der Waals surface area contributed by atoms with E-state index in [-0.39, 0.29) is 5.91 Å². The first-order chi connectivity index (χ1) is 14.7. The largest absolute Gasteiger partial charge is 0.506 e. The number of piperazine rings is 1. The van der Waals surface area contributed by atoms with Crippen molar-refractivity contribution in [3.05, 3.63) is 90.0 Å². The predicted molar refractivity (Wildman–Crippen MR) is 120 cm³/mol. The van der Waals surface area contributed by atoms with E-state index in [0.29, 0.717) is 12.3 Å². The summed E-state index contributed by atoms with van der Waals surface area (Å²) in [4.78, 5) is 16.2. The number of carbonyl (C=O) groups excluding carboxylic acids is 1. The molecule has 1 aliphatic rings. The van der Waals surface area contributed by atoms with Gasteiger partial charge in [-0.3, -0.25) is 4.79 Å². The monoisotopic (exact) mass is 402 g/mol. The molecule has 5 nitrogen and oxygen atoms in total. The van der Waals surface area contributed by atoms with Crippen LogP contribution in [-0.4, -0.2) is 43.7 Å². The Morgan fingerprint density at radius 2 is 1.57 bits per heavy atom. The molecule has 0 unspecified atom stereocenters. The molecule has 3 aromatic rings. The second-order valence-corrected chi connectivity index (χ2v) is 7.77. The van der Waals surface area contributed by atoms with Crippen LogP contribution < -0.4 is 15.1 Å². The molecule has 0 radical (unpaired) electrons. The van der Waals surface area contributed by atoms with E-state index in [1.165, 1.54) is 10.5 Å². The summed E-state index contributed by atoms with van der Waals surface area (Å²) in [5, 5.41) is 13.2. The van der Waals surface area contributed by atoms with Gasteiger partial charge in [-0.2, -0.15) is 0 Å². The summed E-state index contributed by atoms with van der Waals surface area (Å²) in [6, 6.07) is 25.7. The van der Waals surface area contributed by atoms with Crippen LogP contribution >= 0.6 is 0 Å². The van der Waals surface area contributed by atoms with Gasteiger partial charge in [0.25, 0.3) is 5.91 Å². The summed E-state index contributed by atoms with van der Waals surface area (Å²) in [6.07, 6.45) is 0.795. The fourth-order valence-corrected chi connectivity index (χ4v) is 4.01. The lowest BCUT2D eigenvalue weighted by molar-refractivity contribution is -0.892. The van der Waals surface area contributed by atoms with Gasteiger partial charge in [0.1, 0.15) is 5.75 Å². The second kappa shape index (κ2) is 9.46. The highest BCUT2D eigenvalue weighted by Crippen LogP contribution is 2.26. The molecule has 1 aliphatic heterocycles. The summed E-state index contributed by atoms with van der Waals surface area (Å²) in [6.45, 7) is 3.84. The van der Waals surface area contributed by atoms with E-state index in [9.17, 15) is 9.90 Å². The van der Waals surface area contributed by atoms with E-state index in [2.05, 4.69) is 28.4 Å². The molecule has 5 heteroatoms. The minimum absolute atomic E-state index is 0.0431. The van der Waals surface area contributed by atoms with Crippen molar-refractivity contribution in [1.82, 2.24) is 0 Å². The molecule has 30 heavy (non-hydrogen) atoms. The number of quaternary nitrogens is 1. The van der Waals surface area contributed by atoms with Gasteiger partial charge >= 0.3 is 0 Å². The molecule has 0 aliphatic carbocycles. The Hall–Kier alpha value is -3.31. The molecule has 1 fully saturated rings. The fourth-order valence-electron chi connectivity index (χ4n) is 4.01. The smallest absolute Gasteiger partial charge is 0.279 e. The molecule has 3 N–H and O–H groups in total. The quantitative estimate of drug-likeness (QED) is 0.593. The molecular weight excluding hydrogens is 374 g/mol. The summed E-state index contributed by atoms with van der Waals surface area (Å²) in [5.41, 5.74) is 4.11. The number of nitrogens with one attached hydrogen (secondary N) is 2. The number of nitrogens with zero attached hydrogens (tertiary/aromatic N) is 1. The fraction of sp³-hybridized carbons (Fsp3) is 0.240. The number of carbonyl (C=O) groups is 1. The molecule has 0 bridgehead atoms. The zero-order chi connectivity index (χ0) is 20.8. The summed E-state index contributed by atoms with van der Waals surface area (Å²) in [7, 11) is 0. The first-order valence-electron chi connectivity index (χ1n) is 10.5. The lowest BCUT2D eigenvalue weighted by Crippen LogP contribution is -3.15. The van der Waals surface area contributed by atoms with Crippen LogP contribution in [0.2, 0.25) is 0 Å². The van der Waals surface area contributed by atoms with Gasteiger partial charge in [0.15, 0.2) is 6.54 Å². The van der Waals surface area contributed by atoms with E-state index in [0.717, 1.165) is 49.5 Å². The van der Waals surface area contributed by atoms with Crippen LogP contribution in [0.25, 0.3) is 0 Å². The lowest BCUT2D eigenvalue weighted by Gasteiger charge is -2.33. The first kappa shape index (κ1) is 20.0. The Balaban J connectivity index is 1.32. The zero-order valence-electron chi connectivity index (χ0n) is 17.1. The topological polar surface area (TPSA) is 57.0 Å². The Kier molecular flexibility index (Phi) is 6.30. The van der Waals surface area contributed by atoms with Crippen LogP contribution in [0, 0.1) is 0 Å². The number of rotatable bonds is 6. The molecule has 4 rings (SSSR count). The standard InChI is InChI=1S/C25H27N3O2/c29-24-13-7-6-12-23(24)28-16-14-27(15-17-28)19-25(30)26-22-11-5-4-10-21(22)18-20-8-2-1-3-9-20/h1-13,29H,14-19H2,(H,26,30)/p+1. The average molecular weight is 403 g/mol. The van der Waals surface area contributed by atoms with Gasteiger partial charge in [-0.25, -0.2) is 0 Å². The molecule has 1 heterocycles. The summed E-state index contributed by atoms with van der Waals surface area (Å²) >= 11 is 0. The van der Waals surface area contributed by atoms with Crippen molar-refractivity contribution in [3.63, 3.8) is 0 Å². The number of para-hydroxylation sites is 3. The van der Waals surface area contributed by atoms with E-state index in [1.54, 1.807) is 6.07 Å². The lowest BCUT2D eigenvalue weighted by atomic mass is 10.0. The maximum Gasteiger partial charge on any atom is 0.279 e. The minimum Gasteiger partial charge on any atom is -0.506 e. The third-order valence-corrected chi connectivity index (χ3v) is 5.63. The average Bonchev–Trinajstić information content (AvgIpc) is 2.77. The maximum atomic E-state index is 12.7. The van der Waals surface area contributed by atoms with Gasteiger partial charge in [0.05, 0.1) is 31.9 Å². The predicted octanol–water partition coefficient (Wildman–Crippen LogP) is 2.33. The highest BCUT2D eigenvalue weighted by atomic mass is 16.3. The number of phenols is 1. The van der Waals surface area contributed by atoms with Crippen LogP contribution in [0.5, 0.6) is 5.75 Å². The van der Waals surface area contributed by atoms with E-state index in [4.69, 9.17) is 0 Å².